The smallest absolute Gasteiger partial charge is 0.313 e. The van der Waals surface area contributed by atoms with Gasteiger partial charge in [0.05, 0.1) is 12.7 Å². The first-order chi connectivity index (χ1) is 14.5. The van der Waals surface area contributed by atoms with E-state index in [1.54, 1.807) is 12.1 Å². The summed E-state index contributed by atoms with van der Waals surface area (Å²) in [6.45, 7) is 2.65. The van der Waals surface area contributed by atoms with Crippen LogP contribution in [0.2, 0.25) is 5.02 Å². The minimum atomic E-state index is -0.652. The lowest BCUT2D eigenvalue weighted by atomic mass is 9.76. The molecular formula is C23H23ClN4O2. The molecule has 3 aromatic rings. The Morgan fingerprint density at radius 2 is 1.77 bits per heavy atom. The van der Waals surface area contributed by atoms with Crippen LogP contribution in [-0.2, 0) is 16.1 Å². The minimum absolute atomic E-state index is 0.0174. The zero-order valence-electron chi connectivity index (χ0n) is 16.6. The van der Waals surface area contributed by atoms with Crippen LogP contribution in [0.25, 0.3) is 0 Å². The molecule has 0 saturated heterocycles. The molecular weight excluding hydrogens is 400 g/mol. The van der Waals surface area contributed by atoms with E-state index < -0.39 is 11.8 Å². The van der Waals surface area contributed by atoms with E-state index in [9.17, 15) is 9.59 Å². The monoisotopic (exact) mass is 422 g/mol. The molecule has 0 unspecified atom stereocenters. The molecule has 1 aliphatic rings. The number of anilines is 1. The van der Waals surface area contributed by atoms with Gasteiger partial charge in [0.15, 0.2) is 0 Å². The summed E-state index contributed by atoms with van der Waals surface area (Å²) >= 11 is 5.92. The fraction of sp³-hybridized carbons (Fsp3) is 0.261. The predicted molar refractivity (Wildman–Crippen MR) is 116 cm³/mol. The van der Waals surface area contributed by atoms with Gasteiger partial charge >= 0.3 is 11.8 Å². The molecule has 0 aliphatic heterocycles. The first-order valence-electron chi connectivity index (χ1n) is 9.91. The summed E-state index contributed by atoms with van der Waals surface area (Å²) in [7, 11) is 0. The number of rotatable bonds is 5. The second-order valence-electron chi connectivity index (χ2n) is 7.76. The van der Waals surface area contributed by atoms with Crippen LogP contribution in [0.5, 0.6) is 0 Å². The predicted octanol–water partition coefficient (Wildman–Crippen LogP) is 3.89. The quantitative estimate of drug-likeness (QED) is 0.612. The lowest BCUT2D eigenvalue weighted by molar-refractivity contribution is -0.137. The van der Waals surface area contributed by atoms with Crippen LogP contribution >= 0.6 is 11.6 Å². The Morgan fingerprint density at radius 3 is 2.40 bits per heavy atom. The van der Waals surface area contributed by atoms with Crippen LogP contribution in [0, 0.1) is 6.92 Å². The van der Waals surface area contributed by atoms with E-state index in [1.807, 2.05) is 60.4 Å². The fourth-order valence-electron chi connectivity index (χ4n) is 3.62. The highest BCUT2D eigenvalue weighted by Gasteiger charge is 2.32. The van der Waals surface area contributed by atoms with Crippen LogP contribution < -0.4 is 10.6 Å². The Labute approximate surface area is 180 Å². The maximum atomic E-state index is 12.2. The van der Waals surface area contributed by atoms with Crippen molar-refractivity contribution < 1.29 is 9.59 Å². The second kappa shape index (κ2) is 8.71. The molecule has 154 valence electrons. The third kappa shape index (κ3) is 4.89. The maximum absolute atomic E-state index is 12.2. The molecule has 6 nitrogen and oxygen atoms in total. The van der Waals surface area contributed by atoms with E-state index in [1.165, 1.54) is 5.56 Å². The van der Waals surface area contributed by atoms with Gasteiger partial charge in [-0.25, -0.2) is 0 Å². The van der Waals surface area contributed by atoms with Gasteiger partial charge in [-0.2, -0.15) is 5.10 Å². The Bertz CT molecular complexity index is 1040. The molecule has 0 radical (unpaired) electrons. The van der Waals surface area contributed by atoms with Gasteiger partial charge in [-0.1, -0.05) is 35.9 Å². The number of nitrogens with one attached hydrogen (secondary N) is 2. The number of halogens is 1. The largest absolute Gasteiger partial charge is 0.345 e. The van der Waals surface area contributed by atoms with E-state index in [2.05, 4.69) is 15.7 Å². The minimum Gasteiger partial charge on any atom is -0.345 e. The van der Waals surface area contributed by atoms with Crippen molar-refractivity contribution in [2.24, 2.45) is 0 Å². The number of amides is 2. The molecule has 4 rings (SSSR count). The van der Waals surface area contributed by atoms with Gasteiger partial charge in [0.2, 0.25) is 0 Å². The van der Waals surface area contributed by atoms with Crippen molar-refractivity contribution in [1.82, 2.24) is 15.1 Å². The van der Waals surface area contributed by atoms with Gasteiger partial charge in [0.25, 0.3) is 0 Å². The van der Waals surface area contributed by atoms with Crippen molar-refractivity contribution in [2.75, 3.05) is 5.32 Å². The van der Waals surface area contributed by atoms with Crippen LogP contribution in [0.15, 0.2) is 60.9 Å². The van der Waals surface area contributed by atoms with Crippen molar-refractivity contribution >= 4 is 29.1 Å². The lowest BCUT2D eigenvalue weighted by Gasteiger charge is -2.36. The van der Waals surface area contributed by atoms with E-state index in [0.29, 0.717) is 23.2 Å². The van der Waals surface area contributed by atoms with Crippen LogP contribution in [0.3, 0.4) is 0 Å². The number of aryl methyl sites for hydroxylation is 1. The number of nitrogens with zero attached hydrogens (tertiary/aromatic N) is 2. The maximum Gasteiger partial charge on any atom is 0.313 e. The summed E-state index contributed by atoms with van der Waals surface area (Å²) in [6, 6.07) is 15.2. The van der Waals surface area contributed by atoms with Crippen molar-refractivity contribution in [3.63, 3.8) is 0 Å². The van der Waals surface area contributed by atoms with Crippen LogP contribution in [0.1, 0.15) is 35.4 Å². The molecule has 2 N–H and O–H groups in total. The molecule has 7 heteroatoms. The number of hydrogen-bond donors (Lipinski definition) is 2. The molecule has 2 aromatic carbocycles. The van der Waals surface area contributed by atoms with Gasteiger partial charge in [0, 0.05) is 22.9 Å². The Morgan fingerprint density at radius 1 is 1.07 bits per heavy atom. The SMILES string of the molecule is Cc1cnn(Cc2ccc(NC(=O)C(=O)NC3CC(c4ccc(Cl)cc4)C3)cc2)c1. The number of carbonyl (C=O) groups excluding carboxylic acids is 2. The molecule has 1 fully saturated rings. The normalized spacial score (nSPS) is 17.8. The number of hydrogen-bond acceptors (Lipinski definition) is 3. The first-order valence-corrected chi connectivity index (χ1v) is 10.3. The second-order valence-corrected chi connectivity index (χ2v) is 8.19. The molecule has 1 saturated carbocycles. The highest BCUT2D eigenvalue weighted by molar-refractivity contribution is 6.39. The lowest BCUT2D eigenvalue weighted by Crippen LogP contribution is -2.47. The van der Waals surface area contributed by atoms with Gasteiger partial charge < -0.3 is 10.6 Å². The summed E-state index contributed by atoms with van der Waals surface area (Å²) in [6.07, 6.45) is 5.43. The number of aromatic nitrogens is 2. The van der Waals surface area contributed by atoms with Crippen molar-refractivity contribution in [1.29, 1.82) is 0 Å². The average Bonchev–Trinajstić information content (AvgIpc) is 3.11. The molecule has 1 aromatic heterocycles. The highest BCUT2D eigenvalue weighted by atomic mass is 35.5. The average molecular weight is 423 g/mol. The summed E-state index contributed by atoms with van der Waals surface area (Å²) in [5.74, 6) is -0.868. The van der Waals surface area contributed by atoms with Crippen LogP contribution in [0.4, 0.5) is 5.69 Å². The van der Waals surface area contributed by atoms with E-state index in [-0.39, 0.29) is 6.04 Å². The molecule has 1 heterocycles. The molecule has 2 amide bonds. The summed E-state index contributed by atoms with van der Waals surface area (Å²) in [4.78, 5) is 24.4. The van der Waals surface area contributed by atoms with Crippen molar-refractivity contribution in [3.8, 4) is 0 Å². The Balaban J connectivity index is 1.24. The van der Waals surface area contributed by atoms with E-state index in [0.717, 1.165) is 24.0 Å². The number of benzene rings is 2. The molecule has 0 bridgehead atoms. The Kier molecular flexibility index (Phi) is 5.86. The topological polar surface area (TPSA) is 76.0 Å². The van der Waals surface area contributed by atoms with E-state index in [4.69, 9.17) is 11.6 Å². The molecule has 1 aliphatic carbocycles. The van der Waals surface area contributed by atoms with Gasteiger partial charge in [-0.05, 0) is 66.6 Å². The molecule has 0 spiro atoms. The molecule has 0 atom stereocenters. The highest BCUT2D eigenvalue weighted by Crippen LogP contribution is 2.37. The van der Waals surface area contributed by atoms with Gasteiger partial charge in [-0.3, -0.25) is 14.3 Å². The van der Waals surface area contributed by atoms with E-state index >= 15 is 0 Å². The summed E-state index contributed by atoms with van der Waals surface area (Å²) in [5.41, 5.74) is 3.96. The first kappa shape index (κ1) is 20.2. The summed E-state index contributed by atoms with van der Waals surface area (Å²) in [5, 5.41) is 10.4. The fourth-order valence-corrected chi connectivity index (χ4v) is 3.74. The third-order valence-electron chi connectivity index (χ3n) is 5.34. The van der Waals surface area contributed by atoms with Crippen LogP contribution in [-0.4, -0.2) is 27.6 Å². The van der Waals surface area contributed by atoms with Crippen molar-refractivity contribution in [3.05, 3.63) is 82.6 Å². The van der Waals surface area contributed by atoms with Gasteiger partial charge in [-0.15, -0.1) is 0 Å². The zero-order chi connectivity index (χ0) is 21.1. The molecule has 30 heavy (non-hydrogen) atoms. The zero-order valence-corrected chi connectivity index (χ0v) is 17.4. The summed E-state index contributed by atoms with van der Waals surface area (Å²) < 4.78 is 1.85. The Hall–Kier alpha value is -3.12. The van der Waals surface area contributed by atoms with Crippen molar-refractivity contribution in [2.45, 2.75) is 38.3 Å². The standard InChI is InChI=1S/C23H23ClN4O2/c1-15-12-25-28(13-15)14-16-2-8-20(9-3-16)26-22(29)23(30)27-21-10-18(11-21)17-4-6-19(24)7-5-17/h2-9,12-13,18,21H,10-11,14H2,1H3,(H,26,29)(H,27,30). The third-order valence-corrected chi connectivity index (χ3v) is 5.59. The van der Waals surface area contributed by atoms with Gasteiger partial charge in [0.1, 0.15) is 0 Å². The number of carbonyl (C=O) groups is 2.